The third kappa shape index (κ3) is 3.47. The number of aryl methyl sites for hydroxylation is 1. The zero-order valence-corrected chi connectivity index (χ0v) is 11.7. The first-order chi connectivity index (χ1) is 9.60. The molecule has 0 aliphatic carbocycles. The third-order valence-corrected chi connectivity index (χ3v) is 3.16. The number of hydrogen-bond donors (Lipinski definition) is 2. The first-order valence-corrected chi connectivity index (χ1v) is 6.53. The number of pyridine rings is 1. The summed E-state index contributed by atoms with van der Waals surface area (Å²) in [6.45, 7) is 2.28. The van der Waals surface area contributed by atoms with Gasteiger partial charge in [0.15, 0.2) is 5.69 Å². The van der Waals surface area contributed by atoms with Gasteiger partial charge in [-0.05, 0) is 24.6 Å². The highest BCUT2D eigenvalue weighted by Crippen LogP contribution is 2.18. The summed E-state index contributed by atoms with van der Waals surface area (Å²) in [5.74, 6) is 0.512. The van der Waals surface area contributed by atoms with Gasteiger partial charge in [-0.1, -0.05) is 41.4 Å². The van der Waals surface area contributed by atoms with Crippen LogP contribution in [-0.2, 0) is 0 Å². The number of aromatic nitrogens is 1. The van der Waals surface area contributed by atoms with Crippen molar-refractivity contribution in [1.82, 2.24) is 4.98 Å². The zero-order valence-electron chi connectivity index (χ0n) is 11.0. The van der Waals surface area contributed by atoms with Gasteiger partial charge in [-0.2, -0.15) is 5.26 Å². The van der Waals surface area contributed by atoms with E-state index in [1.54, 1.807) is 12.1 Å². The summed E-state index contributed by atoms with van der Waals surface area (Å²) in [6, 6.07) is 12.9. The van der Waals surface area contributed by atoms with Crippen LogP contribution in [0.1, 0.15) is 22.9 Å². The first-order valence-electron chi connectivity index (χ1n) is 6.15. The second-order valence-electron chi connectivity index (χ2n) is 4.45. The molecule has 1 aromatic carbocycles. The lowest BCUT2D eigenvalue weighted by molar-refractivity contribution is 0.191. The number of benzene rings is 1. The van der Waals surface area contributed by atoms with Crippen LogP contribution >= 0.6 is 11.6 Å². The molecular weight excluding hydrogens is 274 g/mol. The molecule has 102 valence electrons. The molecule has 0 aliphatic heterocycles. The zero-order chi connectivity index (χ0) is 14.5. The van der Waals surface area contributed by atoms with E-state index >= 15 is 0 Å². The molecule has 0 fully saturated rings. The summed E-state index contributed by atoms with van der Waals surface area (Å²) in [5.41, 5.74) is 2.10. The van der Waals surface area contributed by atoms with Crippen molar-refractivity contribution in [2.24, 2.45) is 0 Å². The fourth-order valence-corrected chi connectivity index (χ4v) is 1.96. The van der Waals surface area contributed by atoms with E-state index in [4.69, 9.17) is 16.9 Å². The van der Waals surface area contributed by atoms with Crippen LogP contribution in [0.4, 0.5) is 5.82 Å². The Morgan fingerprint density at radius 1 is 1.40 bits per heavy atom. The summed E-state index contributed by atoms with van der Waals surface area (Å²) in [4.78, 5) is 4.06. The highest BCUT2D eigenvalue weighted by atomic mass is 35.5. The predicted molar refractivity (Wildman–Crippen MR) is 78.6 cm³/mol. The summed E-state index contributed by atoms with van der Waals surface area (Å²) in [6.07, 6.45) is -0.641. The standard InChI is InChI=1S/C15H14ClN3O/c1-10-3-2-4-11(7-10)14(20)9-18-15-6-5-12(16)13(8-17)19-15/h2-7,14,20H,9H2,1H3,(H,18,19). The maximum absolute atomic E-state index is 10.1. The van der Waals surface area contributed by atoms with E-state index in [9.17, 15) is 5.11 Å². The lowest BCUT2D eigenvalue weighted by Crippen LogP contribution is -2.13. The lowest BCUT2D eigenvalue weighted by Gasteiger charge is -2.13. The topological polar surface area (TPSA) is 68.9 Å². The van der Waals surface area contributed by atoms with Crippen LogP contribution in [0.15, 0.2) is 36.4 Å². The monoisotopic (exact) mass is 287 g/mol. The van der Waals surface area contributed by atoms with Crippen LogP contribution < -0.4 is 5.32 Å². The Balaban J connectivity index is 2.04. The summed E-state index contributed by atoms with van der Waals surface area (Å²) >= 11 is 5.81. The molecule has 2 aromatic rings. The summed E-state index contributed by atoms with van der Waals surface area (Å²) in [7, 11) is 0. The maximum Gasteiger partial charge on any atom is 0.161 e. The van der Waals surface area contributed by atoms with Crippen molar-refractivity contribution in [2.45, 2.75) is 13.0 Å². The van der Waals surface area contributed by atoms with Gasteiger partial charge in [-0.25, -0.2) is 4.98 Å². The van der Waals surface area contributed by atoms with Gasteiger partial charge in [0.2, 0.25) is 0 Å². The molecule has 1 aromatic heterocycles. The number of nitrogens with one attached hydrogen (secondary N) is 1. The van der Waals surface area contributed by atoms with E-state index in [1.807, 2.05) is 37.3 Å². The minimum absolute atomic E-state index is 0.168. The molecule has 4 nitrogen and oxygen atoms in total. The molecule has 1 unspecified atom stereocenters. The Bertz CT molecular complexity index is 652. The average molecular weight is 288 g/mol. The number of anilines is 1. The van der Waals surface area contributed by atoms with Crippen LogP contribution in [0.25, 0.3) is 0 Å². The van der Waals surface area contributed by atoms with E-state index in [1.165, 1.54) is 0 Å². The second-order valence-corrected chi connectivity index (χ2v) is 4.86. The van der Waals surface area contributed by atoms with E-state index in [2.05, 4.69) is 10.3 Å². The van der Waals surface area contributed by atoms with Crippen molar-refractivity contribution in [3.05, 3.63) is 58.2 Å². The summed E-state index contributed by atoms with van der Waals surface area (Å²) < 4.78 is 0. The van der Waals surface area contributed by atoms with Gasteiger partial charge in [0.25, 0.3) is 0 Å². The van der Waals surface area contributed by atoms with Gasteiger partial charge < -0.3 is 10.4 Å². The van der Waals surface area contributed by atoms with Crippen LogP contribution in [0.2, 0.25) is 5.02 Å². The van der Waals surface area contributed by atoms with Crippen molar-refractivity contribution in [3.63, 3.8) is 0 Å². The van der Waals surface area contributed by atoms with E-state index < -0.39 is 6.10 Å². The smallest absolute Gasteiger partial charge is 0.161 e. The maximum atomic E-state index is 10.1. The molecule has 5 heteroatoms. The van der Waals surface area contributed by atoms with Crippen LogP contribution in [0.5, 0.6) is 0 Å². The molecule has 20 heavy (non-hydrogen) atoms. The molecule has 1 atom stereocenters. The molecule has 0 bridgehead atoms. The van der Waals surface area contributed by atoms with Crippen molar-refractivity contribution in [1.29, 1.82) is 5.26 Å². The number of nitrogens with zero attached hydrogens (tertiary/aromatic N) is 2. The number of halogens is 1. The number of aliphatic hydroxyl groups excluding tert-OH is 1. The number of rotatable bonds is 4. The fourth-order valence-electron chi connectivity index (χ4n) is 1.82. The molecule has 0 spiro atoms. The van der Waals surface area contributed by atoms with Crippen molar-refractivity contribution in [3.8, 4) is 6.07 Å². The van der Waals surface area contributed by atoms with Crippen LogP contribution in [-0.4, -0.2) is 16.6 Å². The molecule has 0 saturated carbocycles. The van der Waals surface area contributed by atoms with Crippen molar-refractivity contribution in [2.75, 3.05) is 11.9 Å². The Hall–Kier alpha value is -2.09. The largest absolute Gasteiger partial charge is 0.387 e. The van der Waals surface area contributed by atoms with Crippen molar-refractivity contribution < 1.29 is 5.11 Å². The van der Waals surface area contributed by atoms with Crippen LogP contribution in [0, 0.1) is 18.3 Å². The van der Waals surface area contributed by atoms with Crippen LogP contribution in [0.3, 0.4) is 0 Å². The van der Waals surface area contributed by atoms with Crippen molar-refractivity contribution >= 4 is 17.4 Å². The molecule has 2 N–H and O–H groups in total. The Morgan fingerprint density at radius 3 is 2.90 bits per heavy atom. The predicted octanol–water partition coefficient (Wildman–Crippen LogP) is 3.06. The quantitative estimate of drug-likeness (QED) is 0.907. The van der Waals surface area contributed by atoms with E-state index in [0.717, 1.165) is 11.1 Å². The Labute approximate surface area is 122 Å². The van der Waals surface area contributed by atoms with Gasteiger partial charge in [0, 0.05) is 6.54 Å². The fraction of sp³-hybridized carbons (Fsp3) is 0.200. The molecule has 0 aliphatic rings. The molecular formula is C15H14ClN3O. The highest BCUT2D eigenvalue weighted by molar-refractivity contribution is 6.31. The molecule has 0 radical (unpaired) electrons. The minimum atomic E-state index is -0.641. The van der Waals surface area contributed by atoms with Gasteiger partial charge >= 0.3 is 0 Å². The molecule has 1 heterocycles. The lowest BCUT2D eigenvalue weighted by atomic mass is 10.1. The molecule has 0 amide bonds. The van der Waals surface area contributed by atoms with Gasteiger partial charge in [-0.15, -0.1) is 0 Å². The minimum Gasteiger partial charge on any atom is -0.387 e. The number of nitriles is 1. The normalized spacial score (nSPS) is 11.7. The second kappa shape index (κ2) is 6.38. The Morgan fingerprint density at radius 2 is 2.20 bits per heavy atom. The first kappa shape index (κ1) is 14.3. The summed E-state index contributed by atoms with van der Waals surface area (Å²) in [5, 5.41) is 22.3. The third-order valence-electron chi connectivity index (χ3n) is 2.86. The molecule has 0 saturated heterocycles. The van der Waals surface area contributed by atoms with Gasteiger partial charge in [0.1, 0.15) is 11.9 Å². The number of hydrogen-bond acceptors (Lipinski definition) is 4. The van der Waals surface area contributed by atoms with E-state index in [0.29, 0.717) is 17.4 Å². The molecule has 2 rings (SSSR count). The Kier molecular flexibility index (Phi) is 4.57. The van der Waals surface area contributed by atoms with Gasteiger partial charge in [0.05, 0.1) is 11.1 Å². The highest BCUT2D eigenvalue weighted by Gasteiger charge is 2.08. The average Bonchev–Trinajstić information content (AvgIpc) is 2.46. The van der Waals surface area contributed by atoms with Gasteiger partial charge in [-0.3, -0.25) is 0 Å². The SMILES string of the molecule is Cc1cccc(C(O)CNc2ccc(Cl)c(C#N)n2)c1. The number of aliphatic hydroxyl groups is 1. The van der Waals surface area contributed by atoms with E-state index in [-0.39, 0.29) is 5.69 Å².